The molecule has 0 spiro atoms. The van der Waals surface area contributed by atoms with Crippen LogP contribution in [0.5, 0.6) is 11.5 Å². The number of para-hydroxylation sites is 1. The van der Waals surface area contributed by atoms with Gasteiger partial charge in [0, 0.05) is 22.2 Å². The number of rotatable bonds is 11. The number of benzene rings is 3. The molecule has 0 radical (unpaired) electrons. The minimum absolute atomic E-state index is 0.296. The second-order valence-electron chi connectivity index (χ2n) is 7.92. The molecule has 0 saturated carbocycles. The zero-order chi connectivity index (χ0) is 26.0. The van der Waals surface area contributed by atoms with Crippen molar-refractivity contribution in [1.29, 1.82) is 0 Å². The molecule has 7 nitrogen and oxygen atoms in total. The van der Waals surface area contributed by atoms with Crippen LogP contribution in [0.1, 0.15) is 36.2 Å². The number of nitrogens with one attached hydrogen (secondary N) is 2. The Labute approximate surface area is 234 Å². The highest BCUT2D eigenvalue weighted by Crippen LogP contribution is 2.34. The maximum Gasteiger partial charge on any atom is 0.271 e. The second kappa shape index (κ2) is 13.2. The fourth-order valence-electron chi connectivity index (χ4n) is 3.40. The number of thiazole rings is 1. The van der Waals surface area contributed by atoms with Crippen molar-refractivity contribution < 1.29 is 14.3 Å². The summed E-state index contributed by atoms with van der Waals surface area (Å²) in [5.41, 5.74) is 6.66. The Morgan fingerprint density at radius 3 is 2.59 bits per heavy atom. The standard InChI is InChI=1S/C28H27IN4O3S/c1-3-14-36-26-23(29)15-19(16-25(26)35-4-2)17-30-33-27(34)21-12-10-20(11-13-21)24-18-37-28(32-24)31-22-8-6-5-7-9-22/h5-13,15-18H,3-4,14H2,1-2H3,(H,31,32)(H,33,34)/b30-17-. The lowest BCUT2D eigenvalue weighted by molar-refractivity contribution is 0.0955. The number of hydrogen-bond acceptors (Lipinski definition) is 7. The smallest absolute Gasteiger partial charge is 0.271 e. The van der Waals surface area contributed by atoms with E-state index in [9.17, 15) is 4.79 Å². The number of nitrogens with zero attached hydrogens (tertiary/aromatic N) is 2. The van der Waals surface area contributed by atoms with E-state index in [1.807, 2.05) is 66.9 Å². The first-order valence-corrected chi connectivity index (χ1v) is 13.8. The van der Waals surface area contributed by atoms with Crippen LogP contribution in [-0.4, -0.2) is 30.3 Å². The van der Waals surface area contributed by atoms with Crippen LogP contribution in [0, 0.1) is 3.57 Å². The molecular formula is C28H27IN4O3S. The molecule has 1 heterocycles. The minimum Gasteiger partial charge on any atom is -0.490 e. The Bertz CT molecular complexity index is 1360. The van der Waals surface area contributed by atoms with Crippen LogP contribution >= 0.6 is 33.9 Å². The number of carbonyl (C=O) groups is 1. The number of aromatic nitrogens is 1. The highest BCUT2D eigenvalue weighted by molar-refractivity contribution is 14.1. The molecule has 4 aromatic rings. The Hall–Kier alpha value is -3.44. The summed E-state index contributed by atoms with van der Waals surface area (Å²) in [5.74, 6) is 1.10. The molecule has 9 heteroatoms. The van der Waals surface area contributed by atoms with Gasteiger partial charge in [0.15, 0.2) is 16.6 Å². The molecule has 4 rings (SSSR count). The molecule has 0 saturated heterocycles. The number of carbonyl (C=O) groups excluding carboxylic acids is 1. The van der Waals surface area contributed by atoms with Crippen molar-refractivity contribution in [3.63, 3.8) is 0 Å². The van der Waals surface area contributed by atoms with Gasteiger partial charge in [0.1, 0.15) is 0 Å². The first-order chi connectivity index (χ1) is 18.1. The first-order valence-electron chi connectivity index (χ1n) is 11.9. The zero-order valence-corrected chi connectivity index (χ0v) is 23.5. The lowest BCUT2D eigenvalue weighted by Gasteiger charge is -2.14. The summed E-state index contributed by atoms with van der Waals surface area (Å²) in [7, 11) is 0. The fraction of sp³-hybridized carbons (Fsp3) is 0.179. The molecule has 190 valence electrons. The Morgan fingerprint density at radius 1 is 1.08 bits per heavy atom. The van der Waals surface area contributed by atoms with E-state index in [-0.39, 0.29) is 5.91 Å². The number of halogens is 1. The normalized spacial score (nSPS) is 10.9. The number of anilines is 2. The number of amides is 1. The molecule has 0 aliphatic rings. The van der Waals surface area contributed by atoms with Crippen molar-refractivity contribution in [2.45, 2.75) is 20.3 Å². The maximum absolute atomic E-state index is 12.6. The van der Waals surface area contributed by atoms with Crippen molar-refractivity contribution >= 4 is 56.9 Å². The average molecular weight is 627 g/mol. The summed E-state index contributed by atoms with van der Waals surface area (Å²) < 4.78 is 12.5. The van der Waals surface area contributed by atoms with Gasteiger partial charge in [0.2, 0.25) is 0 Å². The molecule has 0 bridgehead atoms. The lowest BCUT2D eigenvalue weighted by Crippen LogP contribution is -2.17. The van der Waals surface area contributed by atoms with Crippen LogP contribution in [0.4, 0.5) is 10.8 Å². The van der Waals surface area contributed by atoms with Gasteiger partial charge in [-0.2, -0.15) is 5.10 Å². The van der Waals surface area contributed by atoms with Crippen LogP contribution < -0.4 is 20.2 Å². The summed E-state index contributed by atoms with van der Waals surface area (Å²) in [6.07, 6.45) is 2.51. The first kappa shape index (κ1) is 26.6. The van der Waals surface area contributed by atoms with Gasteiger partial charge in [0.05, 0.1) is 28.7 Å². The SMILES string of the molecule is CCCOc1c(I)cc(/C=N\NC(=O)c2ccc(-c3csc(Nc4ccccc4)n3)cc2)cc1OCC. The van der Waals surface area contributed by atoms with Gasteiger partial charge in [-0.25, -0.2) is 10.4 Å². The summed E-state index contributed by atoms with van der Waals surface area (Å²) in [6.45, 7) is 5.13. The Kier molecular flexibility index (Phi) is 9.50. The summed E-state index contributed by atoms with van der Waals surface area (Å²) in [5, 5.41) is 10.2. The van der Waals surface area contributed by atoms with E-state index in [1.165, 1.54) is 11.3 Å². The topological polar surface area (TPSA) is 84.8 Å². The quantitative estimate of drug-likeness (QED) is 0.105. The van der Waals surface area contributed by atoms with E-state index in [0.29, 0.717) is 24.5 Å². The van der Waals surface area contributed by atoms with Crippen molar-refractivity contribution in [1.82, 2.24) is 10.4 Å². The van der Waals surface area contributed by atoms with E-state index in [2.05, 4.69) is 50.3 Å². The molecule has 0 unspecified atom stereocenters. The highest BCUT2D eigenvalue weighted by Gasteiger charge is 2.12. The van der Waals surface area contributed by atoms with Gasteiger partial charge >= 0.3 is 0 Å². The van der Waals surface area contributed by atoms with Crippen molar-refractivity contribution in [2.75, 3.05) is 18.5 Å². The second-order valence-corrected chi connectivity index (χ2v) is 9.94. The molecular weight excluding hydrogens is 599 g/mol. The third kappa shape index (κ3) is 7.30. The van der Waals surface area contributed by atoms with Gasteiger partial charge in [-0.05, 0) is 77.9 Å². The van der Waals surface area contributed by atoms with Crippen LogP contribution in [0.15, 0.2) is 77.2 Å². The van der Waals surface area contributed by atoms with Crippen LogP contribution in [-0.2, 0) is 0 Å². The van der Waals surface area contributed by atoms with Gasteiger partial charge < -0.3 is 14.8 Å². The van der Waals surface area contributed by atoms with Crippen LogP contribution in [0.25, 0.3) is 11.3 Å². The monoisotopic (exact) mass is 626 g/mol. The highest BCUT2D eigenvalue weighted by atomic mass is 127. The van der Waals surface area contributed by atoms with E-state index >= 15 is 0 Å². The molecule has 3 aromatic carbocycles. The molecule has 1 aromatic heterocycles. The largest absolute Gasteiger partial charge is 0.490 e. The van der Waals surface area contributed by atoms with Gasteiger partial charge in [-0.1, -0.05) is 37.3 Å². The van der Waals surface area contributed by atoms with E-state index in [4.69, 9.17) is 9.47 Å². The van der Waals surface area contributed by atoms with Crippen molar-refractivity contribution in [2.24, 2.45) is 5.10 Å². The third-order valence-electron chi connectivity index (χ3n) is 5.13. The van der Waals surface area contributed by atoms with E-state index in [0.717, 1.165) is 43.4 Å². The molecule has 0 aliphatic carbocycles. The van der Waals surface area contributed by atoms with E-state index in [1.54, 1.807) is 18.3 Å². The lowest BCUT2D eigenvalue weighted by atomic mass is 10.1. The van der Waals surface area contributed by atoms with Crippen LogP contribution in [0.2, 0.25) is 0 Å². The summed E-state index contributed by atoms with van der Waals surface area (Å²) in [6, 6.07) is 21.0. The predicted octanol–water partition coefficient (Wildman–Crippen LogP) is 7.11. The molecule has 2 N–H and O–H groups in total. The van der Waals surface area contributed by atoms with Crippen molar-refractivity contribution in [3.05, 3.63) is 86.8 Å². The van der Waals surface area contributed by atoms with Crippen molar-refractivity contribution in [3.8, 4) is 22.8 Å². The molecule has 0 atom stereocenters. The van der Waals surface area contributed by atoms with Gasteiger partial charge in [-0.15, -0.1) is 11.3 Å². The fourth-order valence-corrected chi connectivity index (χ4v) is 4.92. The summed E-state index contributed by atoms with van der Waals surface area (Å²) >= 11 is 3.75. The van der Waals surface area contributed by atoms with Crippen LogP contribution in [0.3, 0.4) is 0 Å². The van der Waals surface area contributed by atoms with Gasteiger partial charge in [-0.3, -0.25) is 4.79 Å². The molecule has 0 aliphatic heterocycles. The zero-order valence-electron chi connectivity index (χ0n) is 20.5. The minimum atomic E-state index is -0.296. The predicted molar refractivity (Wildman–Crippen MR) is 158 cm³/mol. The number of hydrogen-bond donors (Lipinski definition) is 2. The molecule has 0 fully saturated rings. The maximum atomic E-state index is 12.6. The van der Waals surface area contributed by atoms with Gasteiger partial charge in [0.25, 0.3) is 5.91 Å². The van der Waals surface area contributed by atoms with E-state index < -0.39 is 0 Å². The Morgan fingerprint density at radius 2 is 1.86 bits per heavy atom. The molecule has 1 amide bonds. The average Bonchev–Trinajstić information content (AvgIpc) is 3.37. The summed E-state index contributed by atoms with van der Waals surface area (Å²) in [4.78, 5) is 17.3. The third-order valence-corrected chi connectivity index (χ3v) is 6.69. The number of hydrazone groups is 1. The molecule has 37 heavy (non-hydrogen) atoms. The number of ether oxygens (including phenoxy) is 2. The Balaban J connectivity index is 1.38.